The van der Waals surface area contributed by atoms with Gasteiger partial charge in [0.1, 0.15) is 5.78 Å². The van der Waals surface area contributed by atoms with Crippen molar-refractivity contribution in [3.63, 3.8) is 0 Å². The molecule has 0 radical (unpaired) electrons. The summed E-state index contributed by atoms with van der Waals surface area (Å²) in [4.78, 5) is 11.3. The third-order valence-electron chi connectivity index (χ3n) is 2.68. The van der Waals surface area contributed by atoms with Crippen LogP contribution < -0.4 is 5.32 Å². The van der Waals surface area contributed by atoms with E-state index in [2.05, 4.69) is 5.32 Å². The van der Waals surface area contributed by atoms with Gasteiger partial charge in [-0.25, -0.2) is 0 Å². The number of hydrogen-bond donors (Lipinski definition) is 1. The maximum Gasteiger partial charge on any atom is 0.149 e. The van der Waals surface area contributed by atoms with Gasteiger partial charge in [-0.15, -0.1) is 0 Å². The molecule has 0 aromatic rings. The van der Waals surface area contributed by atoms with E-state index in [1.165, 1.54) is 0 Å². The third kappa shape index (κ3) is 1.45. The molecule has 64 valence electrons. The second kappa shape index (κ2) is 2.59. The topological polar surface area (TPSA) is 29.1 Å². The van der Waals surface area contributed by atoms with Crippen LogP contribution >= 0.6 is 0 Å². The fraction of sp³-hybridized carbons (Fsp3) is 0.889. The van der Waals surface area contributed by atoms with Gasteiger partial charge in [-0.3, -0.25) is 4.79 Å². The van der Waals surface area contributed by atoms with Crippen LogP contribution in [0.4, 0.5) is 0 Å². The highest BCUT2D eigenvalue weighted by Crippen LogP contribution is 2.28. The van der Waals surface area contributed by atoms with E-state index in [9.17, 15) is 4.79 Å². The maximum atomic E-state index is 11.3. The summed E-state index contributed by atoms with van der Waals surface area (Å²) >= 11 is 0. The van der Waals surface area contributed by atoms with Crippen LogP contribution in [0.25, 0.3) is 0 Å². The lowest BCUT2D eigenvalue weighted by Gasteiger charge is -2.21. The van der Waals surface area contributed by atoms with Crippen LogP contribution in [0.1, 0.15) is 35.5 Å². The minimum absolute atomic E-state index is 0.0893. The molecule has 0 bridgehead atoms. The number of Topliss-reactive ketones (excluding diaryl/α,β-unsaturated/α-hetero) is 1. The van der Waals surface area contributed by atoms with Gasteiger partial charge in [-0.1, -0.05) is 6.92 Å². The van der Waals surface area contributed by atoms with Crippen LogP contribution in [0.3, 0.4) is 0 Å². The van der Waals surface area contributed by atoms with E-state index in [4.69, 9.17) is 1.37 Å². The summed E-state index contributed by atoms with van der Waals surface area (Å²) in [6.07, 6.45) is 0.608. The monoisotopic (exact) mass is 157 g/mol. The molecule has 0 aromatic carbocycles. The molecule has 1 aliphatic heterocycles. The molecule has 0 spiro atoms. The summed E-state index contributed by atoms with van der Waals surface area (Å²) in [5, 5.41) is 3.18. The molecule has 2 heteroatoms. The minimum Gasteiger partial charge on any atom is -0.302 e. The van der Waals surface area contributed by atoms with E-state index in [1.807, 2.05) is 20.8 Å². The Morgan fingerprint density at radius 2 is 2.27 bits per heavy atom. The highest BCUT2D eigenvalue weighted by molar-refractivity contribution is 5.86. The van der Waals surface area contributed by atoms with Crippen molar-refractivity contribution in [3.8, 4) is 0 Å². The summed E-state index contributed by atoms with van der Waals surface area (Å²) in [5.74, 6) is -0.384. The van der Waals surface area contributed by atoms with Crippen molar-refractivity contribution in [3.05, 3.63) is 0 Å². The Hall–Kier alpha value is -0.370. The molecule has 1 aliphatic rings. The number of ketones is 1. The Morgan fingerprint density at radius 3 is 2.45 bits per heavy atom. The SMILES string of the molecule is [3H]C1(C)CC(C)(C(C)=O)NC1C. The Kier molecular flexibility index (Phi) is 1.72. The molecule has 0 amide bonds. The van der Waals surface area contributed by atoms with E-state index in [-0.39, 0.29) is 11.8 Å². The van der Waals surface area contributed by atoms with Crippen LogP contribution in [0.2, 0.25) is 0 Å². The fourth-order valence-electron chi connectivity index (χ4n) is 1.59. The highest BCUT2D eigenvalue weighted by atomic mass is 16.1. The van der Waals surface area contributed by atoms with Gasteiger partial charge in [0.15, 0.2) is 0 Å². The van der Waals surface area contributed by atoms with Crippen LogP contribution in [0, 0.1) is 5.89 Å². The lowest BCUT2D eigenvalue weighted by Crippen LogP contribution is -2.45. The number of hydrogen-bond acceptors (Lipinski definition) is 2. The smallest absolute Gasteiger partial charge is 0.149 e. The predicted octanol–water partition coefficient (Wildman–Crippen LogP) is 1.35. The molecular weight excluding hydrogens is 138 g/mol. The first-order valence-electron chi connectivity index (χ1n) is 4.57. The summed E-state index contributed by atoms with van der Waals surface area (Å²) in [6.45, 7) is 7.30. The zero-order valence-electron chi connectivity index (χ0n) is 8.69. The van der Waals surface area contributed by atoms with E-state index >= 15 is 0 Å². The Morgan fingerprint density at radius 1 is 1.73 bits per heavy atom. The second-order valence-corrected chi connectivity index (χ2v) is 3.78. The van der Waals surface area contributed by atoms with Crippen molar-refractivity contribution in [2.45, 2.75) is 45.7 Å². The van der Waals surface area contributed by atoms with E-state index in [0.717, 1.165) is 0 Å². The maximum absolute atomic E-state index is 11.3. The van der Waals surface area contributed by atoms with Crippen molar-refractivity contribution in [2.75, 3.05) is 0 Å². The summed E-state index contributed by atoms with van der Waals surface area (Å²) < 4.78 is 7.93. The zero-order chi connectivity index (χ0) is 9.57. The van der Waals surface area contributed by atoms with Gasteiger partial charge in [0.25, 0.3) is 0 Å². The van der Waals surface area contributed by atoms with Crippen LogP contribution in [-0.2, 0) is 4.79 Å². The lowest BCUT2D eigenvalue weighted by molar-refractivity contribution is -0.122. The van der Waals surface area contributed by atoms with Gasteiger partial charge in [0, 0.05) is 7.41 Å². The molecule has 1 N–H and O–H groups in total. The first-order chi connectivity index (χ1) is 5.28. The molecule has 11 heavy (non-hydrogen) atoms. The number of carbonyl (C=O) groups excluding carboxylic acids is 1. The van der Waals surface area contributed by atoms with Crippen LogP contribution in [0.5, 0.6) is 0 Å². The van der Waals surface area contributed by atoms with Crippen molar-refractivity contribution < 1.29 is 6.17 Å². The normalized spacial score (nSPS) is 52.4. The lowest BCUT2D eigenvalue weighted by atomic mass is 9.91. The molecule has 1 fully saturated rings. The molecule has 0 saturated carbocycles. The second-order valence-electron chi connectivity index (χ2n) is 3.78. The summed E-state index contributed by atoms with van der Waals surface area (Å²) in [6, 6.07) is 0.0893. The molecule has 0 aliphatic carbocycles. The summed E-state index contributed by atoms with van der Waals surface area (Å²) in [7, 11) is 0. The Balaban J connectivity index is 2.85. The first-order valence-corrected chi connectivity index (χ1v) is 4.07. The molecular formula is C9H17NO. The first kappa shape index (κ1) is 7.29. The molecule has 3 atom stereocenters. The van der Waals surface area contributed by atoms with E-state index in [1.54, 1.807) is 6.92 Å². The van der Waals surface area contributed by atoms with Gasteiger partial charge in [0.2, 0.25) is 0 Å². The predicted molar refractivity (Wildman–Crippen MR) is 45.5 cm³/mol. The zero-order valence-corrected chi connectivity index (χ0v) is 7.69. The number of carbonyl (C=O) groups is 1. The molecule has 1 saturated heterocycles. The van der Waals surface area contributed by atoms with E-state index in [0.29, 0.717) is 6.42 Å². The Bertz CT molecular complexity index is 215. The third-order valence-corrected chi connectivity index (χ3v) is 2.68. The van der Waals surface area contributed by atoms with Crippen molar-refractivity contribution in [1.29, 1.82) is 0 Å². The van der Waals surface area contributed by atoms with Crippen molar-refractivity contribution >= 4 is 5.78 Å². The molecule has 2 nitrogen and oxygen atoms in total. The largest absolute Gasteiger partial charge is 0.302 e. The Labute approximate surface area is 69.8 Å². The quantitative estimate of drug-likeness (QED) is 0.622. The molecule has 1 heterocycles. The van der Waals surface area contributed by atoms with Gasteiger partial charge < -0.3 is 5.32 Å². The van der Waals surface area contributed by atoms with Crippen LogP contribution in [-0.4, -0.2) is 17.4 Å². The van der Waals surface area contributed by atoms with Gasteiger partial charge >= 0.3 is 0 Å². The fourth-order valence-corrected chi connectivity index (χ4v) is 1.59. The summed E-state index contributed by atoms with van der Waals surface area (Å²) in [5.41, 5.74) is -0.476. The average molecular weight is 157 g/mol. The van der Waals surface area contributed by atoms with E-state index < -0.39 is 11.4 Å². The van der Waals surface area contributed by atoms with Crippen molar-refractivity contribution in [2.24, 2.45) is 5.89 Å². The average Bonchev–Trinajstić information content (AvgIpc) is 2.03. The highest BCUT2D eigenvalue weighted by Gasteiger charge is 2.40. The molecule has 1 rings (SSSR count). The minimum atomic E-state index is -0.513. The molecule has 0 aromatic heterocycles. The van der Waals surface area contributed by atoms with Crippen molar-refractivity contribution in [1.82, 2.24) is 5.32 Å². The number of nitrogens with one attached hydrogen (secondary N) is 1. The number of rotatable bonds is 1. The molecule has 3 unspecified atom stereocenters. The van der Waals surface area contributed by atoms with Crippen LogP contribution in [0.15, 0.2) is 0 Å². The van der Waals surface area contributed by atoms with Gasteiger partial charge in [-0.05, 0) is 33.1 Å². The van der Waals surface area contributed by atoms with Gasteiger partial charge in [0.05, 0.1) is 5.54 Å². The standard InChI is InChI=1S/C9H17NO/c1-6-5-9(4,8(3)11)10-7(6)2/h6-7,10H,5H2,1-4H3/i6T. The van der Waals surface area contributed by atoms with Gasteiger partial charge in [-0.2, -0.15) is 0 Å².